The number of benzene rings is 2. The summed E-state index contributed by atoms with van der Waals surface area (Å²) in [5.41, 5.74) is 1.15. The summed E-state index contributed by atoms with van der Waals surface area (Å²) in [6.07, 6.45) is 1.19. The van der Waals surface area contributed by atoms with Gasteiger partial charge >= 0.3 is 0 Å². The van der Waals surface area contributed by atoms with E-state index in [9.17, 15) is 4.79 Å². The van der Waals surface area contributed by atoms with E-state index in [1.54, 1.807) is 12.1 Å². The summed E-state index contributed by atoms with van der Waals surface area (Å²) in [7, 11) is 0. The molecule has 4 heteroatoms. The van der Waals surface area contributed by atoms with E-state index < -0.39 is 0 Å². The predicted octanol–water partition coefficient (Wildman–Crippen LogP) is 3.47. The molecule has 0 saturated heterocycles. The third kappa shape index (κ3) is 6.46. The van der Waals surface area contributed by atoms with E-state index in [-0.39, 0.29) is 12.5 Å². The molecule has 0 aromatic heterocycles. The lowest BCUT2D eigenvalue weighted by molar-refractivity contribution is -0.120. The van der Waals surface area contributed by atoms with Crippen molar-refractivity contribution in [2.24, 2.45) is 0 Å². The van der Waals surface area contributed by atoms with Gasteiger partial charge in [0.1, 0.15) is 12.4 Å². The van der Waals surface area contributed by atoms with E-state index in [4.69, 9.17) is 16.3 Å². The fourth-order valence-corrected chi connectivity index (χ4v) is 2.11. The number of hydrogen-bond acceptors (Lipinski definition) is 2. The first-order chi connectivity index (χ1) is 11.3. The largest absolute Gasteiger partial charge is 0.479 e. The molecule has 0 spiro atoms. The van der Waals surface area contributed by atoms with E-state index in [0.717, 1.165) is 12.0 Å². The number of aryl methyl sites for hydroxylation is 1. The molecule has 0 aliphatic heterocycles. The van der Waals surface area contributed by atoms with Gasteiger partial charge < -0.3 is 10.1 Å². The Labute approximate surface area is 141 Å². The fraction of sp³-hybridized carbons (Fsp3) is 0.211. The van der Waals surface area contributed by atoms with Gasteiger partial charge in [-0.25, -0.2) is 0 Å². The maximum absolute atomic E-state index is 11.7. The first-order valence-electron chi connectivity index (χ1n) is 7.39. The van der Waals surface area contributed by atoms with Gasteiger partial charge in [-0.2, -0.15) is 0 Å². The van der Waals surface area contributed by atoms with Crippen LogP contribution in [0.2, 0.25) is 5.02 Å². The third-order valence-electron chi connectivity index (χ3n) is 3.12. The van der Waals surface area contributed by atoms with Crippen LogP contribution in [-0.4, -0.2) is 19.1 Å². The lowest BCUT2D eigenvalue weighted by atomic mass is 10.1. The smallest absolute Gasteiger partial charge is 0.221 e. The van der Waals surface area contributed by atoms with Gasteiger partial charge in [0.15, 0.2) is 0 Å². The fourth-order valence-electron chi connectivity index (χ4n) is 1.92. The predicted molar refractivity (Wildman–Crippen MR) is 92.5 cm³/mol. The molecule has 3 nitrogen and oxygen atoms in total. The number of ether oxygens (including phenoxy) is 1. The van der Waals surface area contributed by atoms with Crippen molar-refractivity contribution in [2.75, 3.05) is 13.2 Å². The second-order valence-electron chi connectivity index (χ2n) is 4.83. The summed E-state index contributed by atoms with van der Waals surface area (Å²) in [5, 5.41) is 3.33. The summed E-state index contributed by atoms with van der Waals surface area (Å²) in [5.74, 6) is 6.30. The van der Waals surface area contributed by atoms with Gasteiger partial charge in [-0.3, -0.25) is 4.79 Å². The molecule has 1 amide bonds. The zero-order valence-electron chi connectivity index (χ0n) is 12.7. The molecule has 0 bridgehead atoms. The molecular formula is C19H18ClNO2. The van der Waals surface area contributed by atoms with Gasteiger partial charge in [-0.05, 0) is 24.1 Å². The Morgan fingerprint density at radius 1 is 1.04 bits per heavy atom. The van der Waals surface area contributed by atoms with Crippen molar-refractivity contribution >= 4 is 17.5 Å². The normalized spacial score (nSPS) is 9.61. The summed E-state index contributed by atoms with van der Waals surface area (Å²) >= 11 is 5.96. The van der Waals surface area contributed by atoms with Crippen molar-refractivity contribution in [3.8, 4) is 17.6 Å². The minimum Gasteiger partial charge on any atom is -0.479 e. The number of para-hydroxylation sites is 1. The lowest BCUT2D eigenvalue weighted by Gasteiger charge is -2.03. The average molecular weight is 328 g/mol. The Morgan fingerprint density at radius 3 is 2.57 bits per heavy atom. The Balaban J connectivity index is 1.61. The Bertz CT molecular complexity index is 689. The van der Waals surface area contributed by atoms with Crippen molar-refractivity contribution < 1.29 is 9.53 Å². The molecule has 23 heavy (non-hydrogen) atoms. The number of carbonyl (C=O) groups excluding carboxylic acids is 1. The molecule has 0 saturated carbocycles. The number of hydrogen-bond donors (Lipinski definition) is 1. The van der Waals surface area contributed by atoms with E-state index in [0.29, 0.717) is 23.7 Å². The van der Waals surface area contributed by atoms with Crippen molar-refractivity contribution in [3.05, 3.63) is 65.2 Å². The van der Waals surface area contributed by atoms with E-state index in [1.165, 1.54) is 0 Å². The van der Waals surface area contributed by atoms with Gasteiger partial charge in [0.25, 0.3) is 0 Å². The summed E-state index contributed by atoms with van der Waals surface area (Å²) < 4.78 is 5.43. The minimum absolute atomic E-state index is 0.00447. The first kappa shape index (κ1) is 16.9. The van der Waals surface area contributed by atoms with E-state index in [1.807, 2.05) is 42.5 Å². The molecule has 0 unspecified atom stereocenters. The summed E-state index contributed by atoms with van der Waals surface area (Å²) in [6.45, 7) is 0.559. The van der Waals surface area contributed by atoms with Gasteiger partial charge in [0, 0.05) is 6.42 Å². The first-order valence-corrected chi connectivity index (χ1v) is 7.77. The van der Waals surface area contributed by atoms with Crippen LogP contribution in [0.25, 0.3) is 0 Å². The molecule has 118 valence electrons. The van der Waals surface area contributed by atoms with E-state index >= 15 is 0 Å². The van der Waals surface area contributed by atoms with Crippen LogP contribution >= 0.6 is 11.6 Å². The van der Waals surface area contributed by atoms with E-state index in [2.05, 4.69) is 17.2 Å². The lowest BCUT2D eigenvalue weighted by Crippen LogP contribution is -2.23. The molecule has 2 aromatic rings. The quantitative estimate of drug-likeness (QED) is 0.825. The van der Waals surface area contributed by atoms with Crippen LogP contribution in [0.1, 0.15) is 12.0 Å². The maximum atomic E-state index is 11.7. The molecule has 0 radical (unpaired) electrons. The van der Waals surface area contributed by atoms with Gasteiger partial charge in [0.05, 0.1) is 11.6 Å². The van der Waals surface area contributed by atoms with Crippen LogP contribution in [0.4, 0.5) is 0 Å². The van der Waals surface area contributed by atoms with Crippen LogP contribution in [0.15, 0.2) is 54.6 Å². The molecule has 2 aromatic carbocycles. The number of nitrogens with one attached hydrogen (secondary N) is 1. The number of carbonyl (C=O) groups is 1. The van der Waals surface area contributed by atoms with Gasteiger partial charge in [-0.1, -0.05) is 65.9 Å². The standard InChI is InChI=1S/C19H18ClNO2/c20-17-10-4-5-11-18(17)23-15-7-6-14-21-19(22)13-12-16-8-2-1-3-9-16/h1-5,8-11H,12-15H2,(H,21,22). The topological polar surface area (TPSA) is 38.3 Å². The molecule has 1 N–H and O–H groups in total. The Morgan fingerprint density at radius 2 is 1.78 bits per heavy atom. The highest BCUT2D eigenvalue weighted by Crippen LogP contribution is 2.22. The molecule has 0 fully saturated rings. The molecule has 0 atom stereocenters. The maximum Gasteiger partial charge on any atom is 0.221 e. The van der Waals surface area contributed by atoms with Crippen molar-refractivity contribution in [2.45, 2.75) is 12.8 Å². The Kier molecular flexibility index (Phi) is 7.03. The van der Waals surface area contributed by atoms with Crippen molar-refractivity contribution in [3.63, 3.8) is 0 Å². The highest BCUT2D eigenvalue weighted by molar-refractivity contribution is 6.32. The minimum atomic E-state index is -0.00447. The highest BCUT2D eigenvalue weighted by atomic mass is 35.5. The average Bonchev–Trinajstić information content (AvgIpc) is 2.58. The summed E-state index contributed by atoms with van der Waals surface area (Å²) in [6, 6.07) is 17.2. The molecule has 2 rings (SSSR count). The molecule has 0 heterocycles. The molecule has 0 aliphatic rings. The van der Waals surface area contributed by atoms with Gasteiger partial charge in [0.2, 0.25) is 5.91 Å². The van der Waals surface area contributed by atoms with Crippen LogP contribution in [0.3, 0.4) is 0 Å². The monoisotopic (exact) mass is 327 g/mol. The number of amides is 1. The van der Waals surface area contributed by atoms with Gasteiger partial charge in [-0.15, -0.1) is 0 Å². The Hall–Kier alpha value is -2.44. The second kappa shape index (κ2) is 9.55. The van der Waals surface area contributed by atoms with Crippen molar-refractivity contribution in [1.82, 2.24) is 5.32 Å². The summed E-state index contributed by atoms with van der Waals surface area (Å²) in [4.78, 5) is 11.7. The van der Waals surface area contributed by atoms with Crippen LogP contribution in [-0.2, 0) is 11.2 Å². The number of halogens is 1. The molecular weight excluding hydrogens is 310 g/mol. The van der Waals surface area contributed by atoms with Crippen LogP contribution in [0.5, 0.6) is 5.75 Å². The zero-order valence-corrected chi connectivity index (χ0v) is 13.5. The van der Waals surface area contributed by atoms with Crippen molar-refractivity contribution in [1.29, 1.82) is 0 Å². The van der Waals surface area contributed by atoms with Crippen LogP contribution in [0, 0.1) is 11.8 Å². The highest BCUT2D eigenvalue weighted by Gasteiger charge is 2.00. The number of rotatable bonds is 6. The second-order valence-corrected chi connectivity index (χ2v) is 5.24. The zero-order chi connectivity index (χ0) is 16.3. The molecule has 0 aliphatic carbocycles. The SMILES string of the molecule is O=C(CCc1ccccc1)NCC#CCOc1ccccc1Cl. The van der Waals surface area contributed by atoms with Crippen LogP contribution < -0.4 is 10.1 Å². The third-order valence-corrected chi connectivity index (χ3v) is 3.43.